The van der Waals surface area contributed by atoms with Crippen LogP contribution in [0, 0.1) is 0 Å². The van der Waals surface area contributed by atoms with Crippen molar-refractivity contribution in [2.45, 2.75) is 32.6 Å². The summed E-state index contributed by atoms with van der Waals surface area (Å²) in [6.07, 6.45) is 2.43. The monoisotopic (exact) mass is 204 g/mol. The van der Waals surface area contributed by atoms with Crippen LogP contribution in [0.15, 0.2) is 37.1 Å². The van der Waals surface area contributed by atoms with Gasteiger partial charge in [0.2, 0.25) is 0 Å². The Morgan fingerprint density at radius 3 is 2.27 bits per heavy atom. The molecule has 0 radical (unpaired) electrons. The van der Waals surface area contributed by atoms with Gasteiger partial charge < -0.3 is 4.74 Å². The maximum atomic E-state index is 5.10. The van der Waals surface area contributed by atoms with Gasteiger partial charge in [-0.25, -0.2) is 0 Å². The van der Waals surface area contributed by atoms with Crippen LogP contribution in [-0.2, 0) is 16.6 Å². The smallest absolute Gasteiger partial charge is 0.0913 e. The minimum Gasteiger partial charge on any atom is -0.501 e. The number of benzene rings is 1. The lowest BCUT2D eigenvalue weighted by Crippen LogP contribution is -2.10. The summed E-state index contributed by atoms with van der Waals surface area (Å²) in [6.45, 7) is 10.9. The van der Waals surface area contributed by atoms with Crippen LogP contribution in [0.1, 0.15) is 31.9 Å². The van der Waals surface area contributed by atoms with Crippen LogP contribution < -0.4 is 0 Å². The fourth-order valence-corrected chi connectivity index (χ4v) is 1.43. The van der Waals surface area contributed by atoms with Gasteiger partial charge in [-0.1, -0.05) is 51.6 Å². The molecule has 0 N–H and O–H groups in total. The highest BCUT2D eigenvalue weighted by atomic mass is 16.5. The fraction of sp³-hybridized carbons (Fsp3) is 0.429. The van der Waals surface area contributed by atoms with Gasteiger partial charge in [0.05, 0.1) is 12.9 Å². The first-order valence-electron chi connectivity index (χ1n) is 5.36. The molecular weight excluding hydrogens is 184 g/mol. The lowest BCUT2D eigenvalue weighted by atomic mass is 9.86. The molecule has 1 rings (SSSR count). The largest absolute Gasteiger partial charge is 0.501 e. The quantitative estimate of drug-likeness (QED) is 0.537. The second-order valence-electron chi connectivity index (χ2n) is 4.73. The normalized spacial score (nSPS) is 11.1. The molecule has 1 heteroatoms. The molecule has 0 saturated carbocycles. The first-order chi connectivity index (χ1) is 7.04. The second kappa shape index (κ2) is 5.01. The summed E-state index contributed by atoms with van der Waals surface area (Å²) in [7, 11) is 0. The molecule has 0 aliphatic heterocycles. The molecule has 0 aliphatic carbocycles. The van der Waals surface area contributed by atoms with Crippen LogP contribution in [0.25, 0.3) is 0 Å². The standard InChI is InChI=1S/C14H20O/c1-5-15-11-10-12-6-8-13(9-7-12)14(2,3)4/h5-9H,1,10-11H2,2-4H3. The van der Waals surface area contributed by atoms with Crippen molar-refractivity contribution in [1.82, 2.24) is 0 Å². The summed E-state index contributed by atoms with van der Waals surface area (Å²) in [5, 5.41) is 0. The lowest BCUT2D eigenvalue weighted by molar-refractivity contribution is 0.255. The van der Waals surface area contributed by atoms with Crippen LogP contribution in [0.5, 0.6) is 0 Å². The van der Waals surface area contributed by atoms with E-state index in [1.54, 1.807) is 0 Å². The van der Waals surface area contributed by atoms with Gasteiger partial charge in [0.25, 0.3) is 0 Å². The zero-order chi connectivity index (χ0) is 11.3. The summed E-state index contributed by atoms with van der Waals surface area (Å²) in [5.74, 6) is 0. The molecule has 0 bridgehead atoms. The molecule has 0 saturated heterocycles. The maximum Gasteiger partial charge on any atom is 0.0913 e. The molecular formula is C14H20O. The highest BCUT2D eigenvalue weighted by molar-refractivity contribution is 5.27. The van der Waals surface area contributed by atoms with Crippen molar-refractivity contribution in [3.05, 3.63) is 48.2 Å². The van der Waals surface area contributed by atoms with E-state index in [1.807, 2.05) is 0 Å². The third kappa shape index (κ3) is 3.78. The predicted octanol–water partition coefficient (Wildman–Crippen LogP) is 3.69. The van der Waals surface area contributed by atoms with E-state index in [0.717, 1.165) is 6.42 Å². The number of hydrogen-bond acceptors (Lipinski definition) is 1. The zero-order valence-electron chi connectivity index (χ0n) is 9.92. The summed E-state index contributed by atoms with van der Waals surface area (Å²) in [5.41, 5.74) is 2.91. The van der Waals surface area contributed by atoms with Crippen molar-refractivity contribution in [3.63, 3.8) is 0 Å². The van der Waals surface area contributed by atoms with Crippen LogP contribution in [-0.4, -0.2) is 6.61 Å². The number of ether oxygens (including phenoxy) is 1. The molecule has 1 nitrogen and oxygen atoms in total. The predicted molar refractivity (Wildman–Crippen MR) is 65.0 cm³/mol. The average molecular weight is 204 g/mol. The van der Waals surface area contributed by atoms with Crippen molar-refractivity contribution >= 4 is 0 Å². The van der Waals surface area contributed by atoms with Gasteiger partial charge >= 0.3 is 0 Å². The van der Waals surface area contributed by atoms with Gasteiger partial charge in [0.1, 0.15) is 0 Å². The Morgan fingerprint density at radius 2 is 1.80 bits per heavy atom. The third-order valence-corrected chi connectivity index (χ3v) is 2.45. The molecule has 0 atom stereocenters. The minimum atomic E-state index is 0.232. The van der Waals surface area contributed by atoms with Crippen molar-refractivity contribution in [3.8, 4) is 0 Å². The molecule has 0 aliphatic rings. The third-order valence-electron chi connectivity index (χ3n) is 2.45. The fourth-order valence-electron chi connectivity index (χ4n) is 1.43. The van der Waals surface area contributed by atoms with Gasteiger partial charge in [-0.05, 0) is 16.5 Å². The van der Waals surface area contributed by atoms with Gasteiger partial charge in [0, 0.05) is 6.42 Å². The highest BCUT2D eigenvalue weighted by Gasteiger charge is 2.12. The topological polar surface area (TPSA) is 9.23 Å². The molecule has 0 heterocycles. The second-order valence-corrected chi connectivity index (χ2v) is 4.73. The summed E-state index contributed by atoms with van der Waals surface area (Å²) < 4.78 is 5.10. The van der Waals surface area contributed by atoms with Crippen LogP contribution in [0.4, 0.5) is 0 Å². The molecule has 0 amide bonds. The van der Waals surface area contributed by atoms with Crippen molar-refractivity contribution in [2.24, 2.45) is 0 Å². The molecule has 0 unspecified atom stereocenters. The van der Waals surface area contributed by atoms with E-state index >= 15 is 0 Å². The SMILES string of the molecule is C=COCCc1ccc(C(C)(C)C)cc1. The van der Waals surface area contributed by atoms with E-state index in [1.165, 1.54) is 17.4 Å². The van der Waals surface area contributed by atoms with E-state index in [9.17, 15) is 0 Å². The van der Waals surface area contributed by atoms with E-state index in [0.29, 0.717) is 6.61 Å². The Kier molecular flexibility index (Phi) is 3.96. The van der Waals surface area contributed by atoms with Crippen LogP contribution in [0.2, 0.25) is 0 Å². The first kappa shape index (κ1) is 11.8. The summed E-state index contributed by atoms with van der Waals surface area (Å²) >= 11 is 0. The molecule has 0 spiro atoms. The Labute approximate surface area is 92.8 Å². The molecule has 15 heavy (non-hydrogen) atoms. The lowest BCUT2D eigenvalue weighted by Gasteiger charge is -2.19. The highest BCUT2D eigenvalue weighted by Crippen LogP contribution is 2.22. The molecule has 1 aromatic rings. The summed E-state index contributed by atoms with van der Waals surface area (Å²) in [6, 6.07) is 8.74. The van der Waals surface area contributed by atoms with Gasteiger partial charge in [0.15, 0.2) is 0 Å². The minimum absolute atomic E-state index is 0.232. The van der Waals surface area contributed by atoms with E-state index in [-0.39, 0.29) is 5.41 Å². The van der Waals surface area contributed by atoms with E-state index in [4.69, 9.17) is 4.74 Å². The van der Waals surface area contributed by atoms with Crippen molar-refractivity contribution < 1.29 is 4.74 Å². The van der Waals surface area contributed by atoms with E-state index < -0.39 is 0 Å². The molecule has 0 fully saturated rings. The maximum absolute atomic E-state index is 5.10. The van der Waals surface area contributed by atoms with Gasteiger partial charge in [-0.15, -0.1) is 0 Å². The average Bonchev–Trinajstić information content (AvgIpc) is 2.18. The Hall–Kier alpha value is -1.24. The zero-order valence-corrected chi connectivity index (χ0v) is 9.92. The molecule has 82 valence electrons. The van der Waals surface area contributed by atoms with Gasteiger partial charge in [-0.3, -0.25) is 0 Å². The van der Waals surface area contributed by atoms with Crippen molar-refractivity contribution in [1.29, 1.82) is 0 Å². The molecule has 1 aromatic carbocycles. The Bertz CT molecular complexity index is 303. The van der Waals surface area contributed by atoms with Crippen LogP contribution >= 0.6 is 0 Å². The Morgan fingerprint density at radius 1 is 1.20 bits per heavy atom. The Balaban J connectivity index is 2.60. The van der Waals surface area contributed by atoms with Gasteiger partial charge in [-0.2, -0.15) is 0 Å². The van der Waals surface area contributed by atoms with Crippen LogP contribution in [0.3, 0.4) is 0 Å². The summed E-state index contributed by atoms with van der Waals surface area (Å²) in [4.78, 5) is 0. The van der Waals surface area contributed by atoms with Crippen molar-refractivity contribution in [2.75, 3.05) is 6.61 Å². The first-order valence-corrected chi connectivity index (χ1v) is 5.36. The number of hydrogen-bond donors (Lipinski definition) is 0. The number of rotatable bonds is 4. The van der Waals surface area contributed by atoms with E-state index in [2.05, 4.69) is 51.6 Å². The molecule has 0 aromatic heterocycles.